The van der Waals surface area contributed by atoms with E-state index in [1.54, 1.807) is 33.5 Å². The monoisotopic (exact) mass is 795 g/mol. The lowest BCUT2D eigenvalue weighted by Gasteiger charge is -2.37. The molecule has 0 aromatic heterocycles. The number of benzene rings is 5. The fraction of sp³-hybridized carbons (Fsp3) is 0.318. The maximum absolute atomic E-state index is 15.0. The second kappa shape index (κ2) is 15.4. The molecule has 2 atom stereocenters. The van der Waals surface area contributed by atoms with Crippen LogP contribution in [0.15, 0.2) is 83.8 Å². The molecule has 5 aromatic carbocycles. The lowest BCUT2D eigenvalue weighted by molar-refractivity contribution is 0.220. The molecule has 6 bridgehead atoms. The van der Waals surface area contributed by atoms with Crippen LogP contribution in [0, 0.1) is 5.82 Å². The molecule has 11 nitrogen and oxygen atoms in total. The van der Waals surface area contributed by atoms with E-state index in [1.807, 2.05) is 25.2 Å². The Bertz CT molecular complexity index is 2440. The third-order valence-electron chi connectivity index (χ3n) is 11.4. The van der Waals surface area contributed by atoms with Crippen molar-refractivity contribution in [3.8, 4) is 46.0 Å². The molecule has 1 N–H and O–H groups in total. The van der Waals surface area contributed by atoms with Gasteiger partial charge in [0.05, 0.1) is 34.1 Å². The van der Waals surface area contributed by atoms with Crippen LogP contribution in [-0.2, 0) is 35.7 Å². The fourth-order valence-electron chi connectivity index (χ4n) is 8.30. The first-order valence-corrected chi connectivity index (χ1v) is 20.3. The van der Waals surface area contributed by atoms with Crippen LogP contribution in [0.1, 0.15) is 45.5 Å². The zero-order valence-corrected chi connectivity index (χ0v) is 33.7. The van der Waals surface area contributed by atoms with Crippen LogP contribution in [0.5, 0.6) is 46.0 Å². The molecule has 0 unspecified atom stereocenters. The Morgan fingerprint density at radius 2 is 1.35 bits per heavy atom. The number of hydrogen-bond donors (Lipinski definition) is 1. The minimum atomic E-state index is -4.38. The summed E-state index contributed by atoms with van der Waals surface area (Å²) in [5.41, 5.74) is 6.10. The molecule has 0 amide bonds. The number of fused-ring (bicyclic) bond motifs is 2. The van der Waals surface area contributed by atoms with Gasteiger partial charge in [0.1, 0.15) is 16.5 Å². The van der Waals surface area contributed by atoms with Crippen molar-refractivity contribution in [3.05, 3.63) is 118 Å². The average molecular weight is 796 g/mol. The molecule has 5 aromatic rings. The lowest BCUT2D eigenvalue weighted by atomic mass is 9.87. The van der Waals surface area contributed by atoms with Gasteiger partial charge in [-0.3, -0.25) is 14.5 Å². The highest BCUT2D eigenvalue weighted by atomic mass is 32.2. The highest BCUT2D eigenvalue weighted by Gasteiger charge is 2.36. The van der Waals surface area contributed by atoms with Gasteiger partial charge in [0.2, 0.25) is 5.75 Å². The molecule has 0 aliphatic carbocycles. The summed E-state index contributed by atoms with van der Waals surface area (Å²) in [7, 11) is 6.10. The third-order valence-corrected chi connectivity index (χ3v) is 12.8. The van der Waals surface area contributed by atoms with Crippen molar-refractivity contribution < 1.29 is 41.2 Å². The minimum Gasteiger partial charge on any atom is -0.493 e. The number of hydrogen-bond acceptors (Lipinski definition) is 10. The Morgan fingerprint density at radius 1 is 0.702 bits per heavy atom. The highest BCUT2D eigenvalue weighted by Crippen LogP contribution is 2.52. The van der Waals surface area contributed by atoms with Gasteiger partial charge >= 0.3 is 0 Å². The number of nitrogens with one attached hydrogen (secondary N) is 1. The van der Waals surface area contributed by atoms with E-state index in [1.165, 1.54) is 30.9 Å². The fourth-order valence-corrected chi connectivity index (χ4v) is 9.47. The van der Waals surface area contributed by atoms with Gasteiger partial charge in [0.25, 0.3) is 10.0 Å². The zero-order chi connectivity index (χ0) is 40.0. The quantitative estimate of drug-likeness (QED) is 0.174. The van der Waals surface area contributed by atoms with E-state index in [-0.39, 0.29) is 24.2 Å². The highest BCUT2D eigenvalue weighted by molar-refractivity contribution is 7.92. The first kappa shape index (κ1) is 38.4. The Balaban J connectivity index is 1.37. The normalized spacial score (nSPS) is 17.9. The summed E-state index contributed by atoms with van der Waals surface area (Å²) in [5, 5.41) is 0. The topological polar surface area (TPSA) is 108 Å². The van der Waals surface area contributed by atoms with Gasteiger partial charge in [-0.2, -0.15) is 0 Å². The number of halogens is 1. The molecule has 4 aliphatic heterocycles. The number of methoxy groups -OCH3 is 4. The summed E-state index contributed by atoms with van der Waals surface area (Å²) < 4.78 is 82.6. The Morgan fingerprint density at radius 3 is 2.05 bits per heavy atom. The van der Waals surface area contributed by atoms with Crippen molar-refractivity contribution in [2.24, 2.45) is 0 Å². The number of ether oxygens (including phenoxy) is 6. The van der Waals surface area contributed by atoms with Crippen molar-refractivity contribution in [2.75, 3.05) is 60.3 Å². The van der Waals surface area contributed by atoms with E-state index >= 15 is 0 Å². The SMILES string of the molecule is COc1cc(NS(=O)(=O)c2ccccc2F)c2cc1Oc1ccc(cc1)C[C@H]1c3cc(c(OC)cc3CCN1C)Oc1c(OC)c(OC)cc3c1[C@H](C2)N(C)CC3. The summed E-state index contributed by atoms with van der Waals surface area (Å²) in [6.45, 7) is 1.58. The second-order valence-corrected chi connectivity index (χ2v) is 16.3. The summed E-state index contributed by atoms with van der Waals surface area (Å²) in [4.78, 5) is 4.10. The van der Waals surface area contributed by atoms with Crippen LogP contribution in [0.3, 0.4) is 0 Å². The minimum absolute atomic E-state index is 0.0657. The largest absolute Gasteiger partial charge is 0.493 e. The summed E-state index contributed by atoms with van der Waals surface area (Å²) in [5.74, 6) is 2.93. The van der Waals surface area contributed by atoms with Crippen LogP contribution in [0.25, 0.3) is 0 Å². The van der Waals surface area contributed by atoms with Crippen LogP contribution in [0.4, 0.5) is 10.1 Å². The van der Waals surface area contributed by atoms with Crippen LogP contribution >= 0.6 is 0 Å². The predicted octanol–water partition coefficient (Wildman–Crippen LogP) is 8.10. The Hall–Kier alpha value is -5.50. The molecule has 0 radical (unpaired) electrons. The van der Waals surface area contributed by atoms with Gasteiger partial charge < -0.3 is 28.4 Å². The number of sulfonamides is 1. The smallest absolute Gasteiger partial charge is 0.264 e. The van der Waals surface area contributed by atoms with E-state index in [0.717, 1.165) is 47.7 Å². The number of anilines is 1. The standard InChI is InChI=1S/C44H46FN3O8S/c1-47-17-15-27-21-36(51-3)39-24-31(27)34(47)19-26-11-13-30(14-12-26)55-38-23-29(33(25-37(38)52-4)46-57(49,50)41-10-8-7-9-32(41)45)20-35-42-28(16-18-48(35)2)22-40(53-5)43(54-6)44(42)56-39/h7-14,21-25,34-35,46H,15-20H2,1-6H3/t34-,35-/m0/s1. The van der Waals surface area contributed by atoms with Gasteiger partial charge in [-0.1, -0.05) is 24.3 Å². The van der Waals surface area contributed by atoms with Gasteiger partial charge in [-0.15, -0.1) is 0 Å². The molecular formula is C44H46FN3O8S. The van der Waals surface area contributed by atoms with Gasteiger partial charge in [0.15, 0.2) is 34.5 Å². The zero-order valence-electron chi connectivity index (χ0n) is 32.8. The number of likely N-dealkylation sites (N-methyl/N-ethyl adjacent to an activating group) is 2. The van der Waals surface area contributed by atoms with E-state index in [4.69, 9.17) is 28.4 Å². The lowest BCUT2D eigenvalue weighted by Crippen LogP contribution is -2.34. The molecule has 4 heterocycles. The molecule has 9 rings (SSSR count). The Kier molecular flexibility index (Phi) is 10.4. The van der Waals surface area contributed by atoms with Crippen molar-refractivity contribution in [2.45, 2.75) is 42.7 Å². The van der Waals surface area contributed by atoms with Crippen molar-refractivity contribution >= 4 is 15.7 Å². The van der Waals surface area contributed by atoms with Crippen LogP contribution in [0.2, 0.25) is 0 Å². The molecule has 298 valence electrons. The summed E-state index contributed by atoms with van der Waals surface area (Å²) in [6.07, 6.45) is 2.56. The molecule has 13 heteroatoms. The average Bonchev–Trinajstić information content (AvgIpc) is 3.20. The number of nitrogens with zero attached hydrogens (tertiary/aromatic N) is 2. The van der Waals surface area contributed by atoms with Crippen LogP contribution in [-0.4, -0.2) is 73.8 Å². The molecular weight excluding hydrogens is 750 g/mol. The van der Waals surface area contributed by atoms with E-state index < -0.39 is 20.7 Å². The molecule has 0 saturated carbocycles. The first-order chi connectivity index (χ1) is 27.5. The maximum atomic E-state index is 15.0. The third kappa shape index (κ3) is 7.19. The van der Waals surface area contributed by atoms with Crippen molar-refractivity contribution in [1.29, 1.82) is 0 Å². The molecule has 0 saturated heterocycles. The Labute approximate surface area is 332 Å². The van der Waals surface area contributed by atoms with Crippen LogP contribution < -0.4 is 33.1 Å². The molecule has 0 fully saturated rings. The maximum Gasteiger partial charge on any atom is 0.264 e. The molecule has 4 aliphatic rings. The van der Waals surface area contributed by atoms with E-state index in [0.29, 0.717) is 64.5 Å². The first-order valence-electron chi connectivity index (χ1n) is 18.8. The van der Waals surface area contributed by atoms with E-state index in [2.05, 4.69) is 45.8 Å². The van der Waals surface area contributed by atoms with Gasteiger partial charge in [0, 0.05) is 36.8 Å². The van der Waals surface area contributed by atoms with Gasteiger partial charge in [-0.25, -0.2) is 12.8 Å². The van der Waals surface area contributed by atoms with E-state index in [9.17, 15) is 12.8 Å². The van der Waals surface area contributed by atoms with Crippen molar-refractivity contribution in [3.63, 3.8) is 0 Å². The second-order valence-electron chi connectivity index (χ2n) is 14.7. The summed E-state index contributed by atoms with van der Waals surface area (Å²) >= 11 is 0. The molecule has 0 spiro atoms. The number of rotatable bonds is 7. The van der Waals surface area contributed by atoms with Crippen molar-refractivity contribution in [1.82, 2.24) is 9.80 Å². The van der Waals surface area contributed by atoms with Gasteiger partial charge in [-0.05, 0) is 116 Å². The molecule has 57 heavy (non-hydrogen) atoms. The summed E-state index contributed by atoms with van der Waals surface area (Å²) in [6, 6.07) is 22.4. The predicted molar refractivity (Wildman–Crippen MR) is 215 cm³/mol.